The van der Waals surface area contributed by atoms with Crippen LogP contribution in [0.25, 0.3) is 27.6 Å². The highest BCUT2D eigenvalue weighted by Crippen LogP contribution is 2.32. The van der Waals surface area contributed by atoms with Gasteiger partial charge in [-0.1, -0.05) is 59.3 Å². The molecular formula is C24H18ClN5OS. The number of nitrogen functional groups attached to an aromatic ring is 1. The number of nitrogens with zero attached hydrogens (tertiary/aromatic N) is 4. The summed E-state index contributed by atoms with van der Waals surface area (Å²) in [6.07, 6.45) is 0. The fourth-order valence-corrected chi connectivity index (χ4v) is 4.14. The van der Waals surface area contributed by atoms with Gasteiger partial charge in [0.1, 0.15) is 17.4 Å². The van der Waals surface area contributed by atoms with E-state index in [0.717, 1.165) is 28.3 Å². The number of halogens is 1. The van der Waals surface area contributed by atoms with Gasteiger partial charge < -0.3 is 10.5 Å². The van der Waals surface area contributed by atoms with Crippen molar-refractivity contribution in [1.29, 1.82) is 0 Å². The molecule has 8 heteroatoms. The van der Waals surface area contributed by atoms with E-state index in [2.05, 4.69) is 15.3 Å². The topological polar surface area (TPSA) is 78.9 Å². The molecular weight excluding hydrogens is 442 g/mol. The lowest BCUT2D eigenvalue weighted by Crippen LogP contribution is -2.02. The molecule has 0 radical (unpaired) electrons. The van der Waals surface area contributed by atoms with Crippen molar-refractivity contribution < 1.29 is 4.74 Å². The van der Waals surface area contributed by atoms with E-state index in [1.165, 1.54) is 11.3 Å². The normalized spacial score (nSPS) is 10.9. The number of aromatic nitrogens is 4. The molecule has 158 valence electrons. The van der Waals surface area contributed by atoms with Gasteiger partial charge in [0.25, 0.3) is 0 Å². The summed E-state index contributed by atoms with van der Waals surface area (Å²) in [6, 6.07) is 25.2. The second-order valence-electron chi connectivity index (χ2n) is 7.05. The number of hydrogen-bond donors (Lipinski definition) is 1. The number of anilines is 1. The van der Waals surface area contributed by atoms with Crippen molar-refractivity contribution >= 4 is 28.8 Å². The van der Waals surface area contributed by atoms with Crippen molar-refractivity contribution in [2.75, 3.05) is 5.73 Å². The van der Waals surface area contributed by atoms with Crippen LogP contribution in [0.2, 0.25) is 5.02 Å². The molecule has 0 aliphatic carbocycles. The fraction of sp³-hybridized carbons (Fsp3) is 0.0417. The molecule has 0 aliphatic heterocycles. The molecule has 0 fully saturated rings. The summed E-state index contributed by atoms with van der Waals surface area (Å²) in [4.78, 5) is 4.68. The molecule has 2 aromatic heterocycles. The van der Waals surface area contributed by atoms with Gasteiger partial charge in [-0.15, -0.1) is 16.4 Å². The summed E-state index contributed by atoms with van der Waals surface area (Å²) >= 11 is 7.45. The molecule has 2 N–H and O–H groups in total. The number of rotatable bonds is 6. The van der Waals surface area contributed by atoms with Crippen LogP contribution in [-0.2, 0) is 6.61 Å². The van der Waals surface area contributed by atoms with Crippen molar-refractivity contribution in [1.82, 2.24) is 20.0 Å². The molecule has 32 heavy (non-hydrogen) atoms. The van der Waals surface area contributed by atoms with Crippen LogP contribution in [0.3, 0.4) is 0 Å². The second kappa shape index (κ2) is 8.82. The minimum atomic E-state index is 0.431. The van der Waals surface area contributed by atoms with Crippen LogP contribution >= 0.6 is 22.9 Å². The zero-order valence-corrected chi connectivity index (χ0v) is 18.4. The number of ether oxygens (including phenoxy) is 1. The van der Waals surface area contributed by atoms with Crippen LogP contribution < -0.4 is 10.5 Å². The Bertz CT molecular complexity index is 1330. The number of nitrogens with two attached hydrogens (primary N) is 1. The Morgan fingerprint density at radius 2 is 1.69 bits per heavy atom. The summed E-state index contributed by atoms with van der Waals surface area (Å²) in [6.45, 7) is 0.510. The van der Waals surface area contributed by atoms with E-state index < -0.39 is 0 Å². The van der Waals surface area contributed by atoms with Crippen molar-refractivity contribution in [3.8, 4) is 33.4 Å². The Labute approximate surface area is 193 Å². The third kappa shape index (κ3) is 4.21. The summed E-state index contributed by atoms with van der Waals surface area (Å²) < 4.78 is 7.44. The lowest BCUT2D eigenvalue weighted by molar-refractivity contribution is 0.306. The van der Waals surface area contributed by atoms with Crippen LogP contribution in [0, 0.1) is 0 Å². The maximum Gasteiger partial charge on any atom is 0.165 e. The van der Waals surface area contributed by atoms with Crippen molar-refractivity contribution in [2.24, 2.45) is 0 Å². The van der Waals surface area contributed by atoms with Crippen LogP contribution in [0.4, 0.5) is 5.82 Å². The molecule has 0 saturated carbocycles. The van der Waals surface area contributed by atoms with Crippen LogP contribution in [0.1, 0.15) is 5.56 Å². The predicted molar refractivity (Wildman–Crippen MR) is 128 cm³/mol. The SMILES string of the molecule is Nc1c(-c2nc(-c3ccc(Cl)cc3)cs2)nnn1-c1ccc(OCc2ccccc2)cc1. The molecule has 0 saturated heterocycles. The maximum absolute atomic E-state index is 6.36. The smallest absolute Gasteiger partial charge is 0.165 e. The standard InChI is InChI=1S/C24H18ClN5OS/c25-18-8-6-17(7-9-18)21-15-32-24(27-21)22-23(26)30(29-28-22)19-10-12-20(13-11-19)31-14-16-4-2-1-3-5-16/h1-13,15H,14,26H2. The predicted octanol–water partition coefficient (Wildman–Crippen LogP) is 5.87. The molecule has 2 heterocycles. The van der Waals surface area contributed by atoms with Crippen LogP contribution in [0.15, 0.2) is 84.2 Å². The highest BCUT2D eigenvalue weighted by molar-refractivity contribution is 7.13. The zero-order chi connectivity index (χ0) is 21.9. The first-order valence-corrected chi connectivity index (χ1v) is 11.1. The number of hydrogen-bond acceptors (Lipinski definition) is 6. The first-order chi connectivity index (χ1) is 15.7. The van der Waals surface area contributed by atoms with Gasteiger partial charge in [-0.2, -0.15) is 4.68 Å². The summed E-state index contributed by atoms with van der Waals surface area (Å²) in [5, 5.41) is 11.9. The molecule has 0 atom stereocenters. The molecule has 3 aromatic carbocycles. The van der Waals surface area contributed by atoms with Gasteiger partial charge >= 0.3 is 0 Å². The summed E-state index contributed by atoms with van der Waals surface area (Å²) in [5.41, 5.74) is 10.7. The minimum absolute atomic E-state index is 0.431. The third-order valence-electron chi connectivity index (χ3n) is 4.88. The molecule has 0 bridgehead atoms. The molecule has 0 aliphatic rings. The molecule has 0 amide bonds. The quantitative estimate of drug-likeness (QED) is 0.343. The monoisotopic (exact) mass is 459 g/mol. The zero-order valence-electron chi connectivity index (χ0n) is 16.9. The third-order valence-corrected chi connectivity index (χ3v) is 5.98. The van der Waals surface area contributed by atoms with Crippen molar-refractivity contribution in [3.05, 3.63) is 94.8 Å². The van der Waals surface area contributed by atoms with Gasteiger partial charge in [0.2, 0.25) is 0 Å². The van der Waals surface area contributed by atoms with E-state index in [1.807, 2.05) is 84.2 Å². The second-order valence-corrected chi connectivity index (χ2v) is 8.34. The average molecular weight is 460 g/mol. The minimum Gasteiger partial charge on any atom is -0.489 e. The van der Waals surface area contributed by atoms with E-state index in [0.29, 0.717) is 28.1 Å². The van der Waals surface area contributed by atoms with E-state index in [-0.39, 0.29) is 0 Å². The van der Waals surface area contributed by atoms with Gasteiger partial charge in [-0.3, -0.25) is 0 Å². The molecule has 5 rings (SSSR count). The first-order valence-electron chi connectivity index (χ1n) is 9.87. The molecule has 0 spiro atoms. The molecule has 6 nitrogen and oxygen atoms in total. The average Bonchev–Trinajstić information content (AvgIpc) is 3.46. The van der Waals surface area contributed by atoms with Gasteiger partial charge in [0.05, 0.1) is 11.4 Å². The fourth-order valence-electron chi connectivity index (χ4n) is 3.19. The Balaban J connectivity index is 1.33. The van der Waals surface area contributed by atoms with E-state index in [9.17, 15) is 0 Å². The summed E-state index contributed by atoms with van der Waals surface area (Å²) in [5.74, 6) is 1.20. The maximum atomic E-state index is 6.36. The Kier molecular flexibility index (Phi) is 5.58. The van der Waals surface area contributed by atoms with Crippen molar-refractivity contribution in [3.63, 3.8) is 0 Å². The van der Waals surface area contributed by atoms with E-state index >= 15 is 0 Å². The van der Waals surface area contributed by atoms with Crippen LogP contribution in [-0.4, -0.2) is 20.0 Å². The van der Waals surface area contributed by atoms with Gasteiger partial charge in [0, 0.05) is 16.0 Å². The highest BCUT2D eigenvalue weighted by atomic mass is 35.5. The Hall–Kier alpha value is -3.68. The van der Waals surface area contributed by atoms with Gasteiger partial charge in [-0.05, 0) is 42.0 Å². The number of benzene rings is 3. The van der Waals surface area contributed by atoms with Crippen LogP contribution in [0.5, 0.6) is 5.75 Å². The summed E-state index contributed by atoms with van der Waals surface area (Å²) in [7, 11) is 0. The molecule has 5 aromatic rings. The lowest BCUT2D eigenvalue weighted by Gasteiger charge is -2.08. The van der Waals surface area contributed by atoms with Gasteiger partial charge in [0.15, 0.2) is 11.5 Å². The van der Waals surface area contributed by atoms with Gasteiger partial charge in [-0.25, -0.2) is 4.98 Å². The highest BCUT2D eigenvalue weighted by Gasteiger charge is 2.17. The largest absolute Gasteiger partial charge is 0.489 e. The Morgan fingerprint density at radius 3 is 2.44 bits per heavy atom. The lowest BCUT2D eigenvalue weighted by atomic mass is 10.2. The van der Waals surface area contributed by atoms with E-state index in [1.54, 1.807) is 4.68 Å². The first kappa shape index (κ1) is 20.2. The Morgan fingerprint density at radius 1 is 0.938 bits per heavy atom. The molecule has 0 unspecified atom stereocenters. The number of thiazole rings is 1. The van der Waals surface area contributed by atoms with E-state index in [4.69, 9.17) is 22.1 Å². The van der Waals surface area contributed by atoms with Crippen molar-refractivity contribution in [2.45, 2.75) is 6.61 Å².